The van der Waals surface area contributed by atoms with E-state index < -0.39 is 15.6 Å². The fraction of sp³-hybridized carbons (Fsp3) is 0. The molecule has 0 fully saturated rings. The summed E-state index contributed by atoms with van der Waals surface area (Å²) in [5.74, 6) is 0. The fourth-order valence-electron chi connectivity index (χ4n) is 0. The molecule has 0 saturated heterocycles. The average molecular weight is 268 g/mol. The largest absolute Gasteiger partial charge is 0.466 e. The zero-order valence-electron chi connectivity index (χ0n) is 5.48. The van der Waals surface area contributed by atoms with Crippen molar-refractivity contribution in [2.75, 3.05) is 0 Å². The SMILES string of the molecule is N.O=P(O)(O)O.O=P(O)(O)O.[Mn]. The van der Waals surface area contributed by atoms with Crippen molar-refractivity contribution < 1.29 is 55.6 Å². The van der Waals surface area contributed by atoms with Gasteiger partial charge in [0.05, 0.1) is 0 Å². The van der Waals surface area contributed by atoms with Gasteiger partial charge in [-0.1, -0.05) is 0 Å². The van der Waals surface area contributed by atoms with Crippen molar-refractivity contribution in [2.24, 2.45) is 0 Å². The van der Waals surface area contributed by atoms with Crippen molar-refractivity contribution in [1.82, 2.24) is 6.15 Å². The van der Waals surface area contributed by atoms with Gasteiger partial charge in [0.25, 0.3) is 0 Å². The Morgan fingerprint density at radius 3 is 0.667 bits per heavy atom. The molecule has 0 amide bonds. The minimum Gasteiger partial charge on any atom is -0.344 e. The zero-order chi connectivity index (χ0) is 9.00. The van der Waals surface area contributed by atoms with Crippen molar-refractivity contribution in [3.05, 3.63) is 0 Å². The standard InChI is InChI=1S/Mn.H3N.2H3O4P/c;;2*1-5(2,3)4/h;1H3;2*(H3,1,2,3,4). The van der Waals surface area contributed by atoms with Crippen LogP contribution in [0.5, 0.6) is 0 Å². The summed E-state index contributed by atoms with van der Waals surface area (Å²) in [7, 11) is -9.28. The molecule has 0 heterocycles. The Bertz CT molecular complexity index is 129. The van der Waals surface area contributed by atoms with E-state index in [2.05, 4.69) is 0 Å². The summed E-state index contributed by atoms with van der Waals surface area (Å²) in [4.78, 5) is 43.1. The molecule has 12 heavy (non-hydrogen) atoms. The van der Waals surface area contributed by atoms with Crippen molar-refractivity contribution in [3.63, 3.8) is 0 Å². The Kier molecular flexibility index (Phi) is 15.9. The van der Waals surface area contributed by atoms with Crippen molar-refractivity contribution in [2.45, 2.75) is 0 Å². The van der Waals surface area contributed by atoms with Gasteiger partial charge in [0.15, 0.2) is 0 Å². The molecule has 0 aromatic carbocycles. The normalized spacial score (nSPS) is 9.83. The number of hydrogen-bond acceptors (Lipinski definition) is 3. The van der Waals surface area contributed by atoms with Crippen LogP contribution in [0.1, 0.15) is 0 Å². The molecule has 9 nitrogen and oxygen atoms in total. The third-order valence-corrected chi connectivity index (χ3v) is 0. The number of hydrogen-bond donors (Lipinski definition) is 7. The van der Waals surface area contributed by atoms with E-state index in [1.807, 2.05) is 0 Å². The summed E-state index contributed by atoms with van der Waals surface area (Å²) < 4.78 is 17.8. The second-order valence-corrected chi connectivity index (χ2v) is 3.08. The molecule has 0 spiro atoms. The van der Waals surface area contributed by atoms with Gasteiger partial charge >= 0.3 is 15.6 Å². The van der Waals surface area contributed by atoms with Gasteiger partial charge in [0, 0.05) is 17.1 Å². The van der Waals surface area contributed by atoms with E-state index in [4.69, 9.17) is 38.5 Å². The van der Waals surface area contributed by atoms with Crippen molar-refractivity contribution in [3.8, 4) is 0 Å². The van der Waals surface area contributed by atoms with E-state index in [0.717, 1.165) is 0 Å². The molecule has 1 radical (unpaired) electrons. The summed E-state index contributed by atoms with van der Waals surface area (Å²) in [5.41, 5.74) is 0. The predicted molar refractivity (Wildman–Crippen MR) is 33.5 cm³/mol. The van der Waals surface area contributed by atoms with Crippen LogP contribution in [0.3, 0.4) is 0 Å². The minimum atomic E-state index is -4.64. The van der Waals surface area contributed by atoms with Crippen LogP contribution in [-0.4, -0.2) is 29.4 Å². The van der Waals surface area contributed by atoms with Crippen LogP contribution in [0, 0.1) is 0 Å². The molecular weight excluding hydrogens is 259 g/mol. The first-order valence-corrected chi connectivity index (χ1v) is 4.70. The number of rotatable bonds is 0. The van der Waals surface area contributed by atoms with E-state index in [1.165, 1.54) is 0 Å². The van der Waals surface area contributed by atoms with Crippen molar-refractivity contribution in [1.29, 1.82) is 0 Å². The first-order chi connectivity index (χ1) is 4.00. The van der Waals surface area contributed by atoms with Gasteiger partial charge < -0.3 is 35.5 Å². The molecule has 9 N–H and O–H groups in total. The van der Waals surface area contributed by atoms with Gasteiger partial charge in [-0.2, -0.15) is 0 Å². The third kappa shape index (κ3) is 2060. The molecule has 0 aliphatic carbocycles. The summed E-state index contributed by atoms with van der Waals surface area (Å²) in [6.07, 6.45) is 0. The van der Waals surface area contributed by atoms with Crippen LogP contribution in [0.2, 0.25) is 0 Å². The molecule has 0 aromatic rings. The van der Waals surface area contributed by atoms with Gasteiger partial charge in [-0.05, 0) is 0 Å². The molecular formula is H9MnNO8P2. The maximum atomic E-state index is 8.88. The molecule has 0 bridgehead atoms. The molecule has 0 aliphatic rings. The molecule has 0 saturated carbocycles. The monoisotopic (exact) mass is 268 g/mol. The molecule has 0 rings (SSSR count). The Morgan fingerprint density at radius 2 is 0.667 bits per heavy atom. The van der Waals surface area contributed by atoms with Crippen LogP contribution in [0.4, 0.5) is 0 Å². The summed E-state index contributed by atoms with van der Waals surface area (Å²) in [6, 6.07) is 0. The third-order valence-electron chi connectivity index (χ3n) is 0. The molecule has 0 aliphatic heterocycles. The van der Waals surface area contributed by atoms with E-state index in [-0.39, 0.29) is 23.2 Å². The molecule has 0 aromatic heterocycles. The second kappa shape index (κ2) is 8.30. The Morgan fingerprint density at radius 1 is 0.667 bits per heavy atom. The smallest absolute Gasteiger partial charge is 0.344 e. The summed E-state index contributed by atoms with van der Waals surface area (Å²) >= 11 is 0. The van der Waals surface area contributed by atoms with Crippen LogP contribution in [0.15, 0.2) is 0 Å². The fourth-order valence-corrected chi connectivity index (χ4v) is 0. The van der Waals surface area contributed by atoms with E-state index in [9.17, 15) is 0 Å². The second-order valence-electron chi connectivity index (χ2n) is 1.03. The van der Waals surface area contributed by atoms with Gasteiger partial charge in [0.1, 0.15) is 0 Å². The first kappa shape index (κ1) is 23.0. The van der Waals surface area contributed by atoms with Crippen molar-refractivity contribution >= 4 is 15.6 Å². The van der Waals surface area contributed by atoms with Gasteiger partial charge in [-0.25, -0.2) is 9.13 Å². The van der Waals surface area contributed by atoms with Crippen LogP contribution < -0.4 is 6.15 Å². The Labute approximate surface area is 78.0 Å². The van der Waals surface area contributed by atoms with Gasteiger partial charge in [-0.3, -0.25) is 0 Å². The maximum absolute atomic E-state index is 8.88. The Hall–Kier alpha value is 0.699. The molecule has 0 unspecified atom stereocenters. The summed E-state index contributed by atoms with van der Waals surface area (Å²) in [6.45, 7) is 0. The quantitative estimate of drug-likeness (QED) is 0.198. The van der Waals surface area contributed by atoms with Crippen LogP contribution in [0.25, 0.3) is 0 Å². The predicted octanol–water partition coefficient (Wildman–Crippen LogP) is -1.70. The first-order valence-electron chi connectivity index (χ1n) is 1.57. The Balaban J connectivity index is -0.0000000457. The van der Waals surface area contributed by atoms with E-state index in [0.29, 0.717) is 0 Å². The zero-order valence-corrected chi connectivity index (χ0v) is 8.45. The number of phosphoric acid groups is 2. The topological polar surface area (TPSA) is 191 Å². The molecule has 0 atom stereocenters. The van der Waals surface area contributed by atoms with Gasteiger partial charge in [-0.15, -0.1) is 0 Å². The average Bonchev–Trinajstić information content (AvgIpc) is 1.12. The van der Waals surface area contributed by atoms with Crippen LogP contribution >= 0.6 is 15.6 Å². The van der Waals surface area contributed by atoms with E-state index >= 15 is 0 Å². The maximum Gasteiger partial charge on any atom is 0.466 e. The molecule has 79 valence electrons. The summed E-state index contributed by atoms with van der Waals surface area (Å²) in [5, 5.41) is 0. The van der Waals surface area contributed by atoms with Gasteiger partial charge in [0.2, 0.25) is 0 Å². The van der Waals surface area contributed by atoms with Crippen LogP contribution in [-0.2, 0) is 26.2 Å². The molecule has 12 heteroatoms. The minimum absolute atomic E-state index is 0. The van der Waals surface area contributed by atoms with E-state index in [1.54, 1.807) is 0 Å².